The van der Waals surface area contributed by atoms with Crippen LogP contribution in [-0.4, -0.2) is 26.1 Å². The fourth-order valence-corrected chi connectivity index (χ4v) is 4.47. The quantitative estimate of drug-likeness (QED) is 0.216. The smallest absolute Gasteiger partial charge is 0.220 e. The van der Waals surface area contributed by atoms with Crippen LogP contribution in [0.5, 0.6) is 0 Å². The lowest BCUT2D eigenvalue weighted by Crippen LogP contribution is -2.31. The molecule has 1 atom stereocenters. The van der Waals surface area contributed by atoms with E-state index in [0.29, 0.717) is 28.9 Å². The molecule has 0 spiro atoms. The lowest BCUT2D eigenvalue weighted by atomic mass is 10.0. The normalized spacial score (nSPS) is 12.1. The van der Waals surface area contributed by atoms with Crippen molar-refractivity contribution in [1.29, 1.82) is 0 Å². The lowest BCUT2D eigenvalue weighted by molar-refractivity contribution is -0.121. The van der Waals surface area contributed by atoms with E-state index >= 15 is 0 Å². The summed E-state index contributed by atoms with van der Waals surface area (Å²) < 4.78 is 27.2. The average molecular weight is 521 g/mol. The van der Waals surface area contributed by atoms with Crippen molar-refractivity contribution < 1.29 is 13.6 Å². The number of H-pyrrole nitrogens is 2. The summed E-state index contributed by atoms with van der Waals surface area (Å²) in [7, 11) is 0. The Balaban J connectivity index is 1.39. The molecular formula is C27H23ClF2N6O. The molecule has 0 bridgehead atoms. The number of carbonyl (C=O) groups excluding carboxylic acids is 1. The summed E-state index contributed by atoms with van der Waals surface area (Å²) in [5, 5.41) is 11.0. The number of nitrogens with one attached hydrogen (secondary N) is 3. The molecule has 0 saturated carbocycles. The van der Waals surface area contributed by atoms with Crippen molar-refractivity contribution >= 4 is 34.2 Å². The molecule has 0 fully saturated rings. The van der Waals surface area contributed by atoms with Gasteiger partial charge in [-0.2, -0.15) is 5.10 Å². The molecule has 0 aliphatic carbocycles. The van der Waals surface area contributed by atoms with Gasteiger partial charge in [0.1, 0.15) is 28.3 Å². The number of nitrogen functional groups attached to an aromatic ring is 1. The van der Waals surface area contributed by atoms with Gasteiger partial charge in [-0.15, -0.1) is 0 Å². The summed E-state index contributed by atoms with van der Waals surface area (Å²) >= 11 is 6.54. The van der Waals surface area contributed by atoms with E-state index in [1.807, 2.05) is 48.5 Å². The van der Waals surface area contributed by atoms with Crippen LogP contribution in [0.3, 0.4) is 0 Å². The first-order valence-electron chi connectivity index (χ1n) is 11.6. The first-order valence-corrected chi connectivity index (χ1v) is 12.0. The predicted octanol–water partition coefficient (Wildman–Crippen LogP) is 5.50. The summed E-state index contributed by atoms with van der Waals surface area (Å²) in [6.45, 7) is 0. The van der Waals surface area contributed by atoms with Gasteiger partial charge in [-0.3, -0.25) is 9.89 Å². The molecule has 2 aromatic heterocycles. The van der Waals surface area contributed by atoms with Crippen LogP contribution >= 0.6 is 11.6 Å². The first-order chi connectivity index (χ1) is 17.9. The first kappa shape index (κ1) is 24.5. The Morgan fingerprint density at radius 3 is 2.68 bits per heavy atom. The van der Waals surface area contributed by atoms with Crippen molar-refractivity contribution in [1.82, 2.24) is 25.5 Å². The third kappa shape index (κ3) is 5.46. The third-order valence-corrected chi connectivity index (χ3v) is 6.40. The molecule has 37 heavy (non-hydrogen) atoms. The maximum atomic E-state index is 14.0. The standard InChI is InChI=1S/C27H23ClF2N6O/c28-25-24(17-7-10-19-21(13-17)35-36-26(19)31)33-27(34-25)22(12-15-4-2-1-3-5-15)32-23(37)11-8-16-6-9-18(29)14-20(16)30/h1-7,9-10,13-14,22H,8,11-12H2,(H,32,37)(H,33,34)(H3,31,35,36)/t22-/m0/s1. The minimum absolute atomic E-state index is 0.0209. The molecule has 2 heterocycles. The number of imidazole rings is 1. The van der Waals surface area contributed by atoms with Gasteiger partial charge in [0.2, 0.25) is 5.91 Å². The Bertz CT molecular complexity index is 1570. The van der Waals surface area contributed by atoms with Crippen molar-refractivity contribution in [2.75, 3.05) is 5.73 Å². The number of aryl methyl sites for hydroxylation is 1. The second-order valence-electron chi connectivity index (χ2n) is 8.70. The fourth-order valence-electron chi connectivity index (χ4n) is 4.22. The van der Waals surface area contributed by atoms with Crippen LogP contribution < -0.4 is 11.1 Å². The largest absolute Gasteiger partial charge is 0.382 e. The van der Waals surface area contributed by atoms with Crippen molar-refractivity contribution in [2.45, 2.75) is 25.3 Å². The number of hydrogen-bond donors (Lipinski definition) is 4. The predicted molar refractivity (Wildman–Crippen MR) is 139 cm³/mol. The molecule has 0 saturated heterocycles. The summed E-state index contributed by atoms with van der Waals surface area (Å²) in [5.74, 6) is -0.745. The molecule has 188 valence electrons. The van der Waals surface area contributed by atoms with Crippen LogP contribution in [0.4, 0.5) is 14.6 Å². The van der Waals surface area contributed by atoms with Crippen molar-refractivity contribution in [3.8, 4) is 11.3 Å². The second kappa shape index (κ2) is 10.4. The van der Waals surface area contributed by atoms with Gasteiger partial charge >= 0.3 is 0 Å². The van der Waals surface area contributed by atoms with E-state index in [0.717, 1.165) is 28.1 Å². The Kier molecular flexibility index (Phi) is 6.87. The topological polar surface area (TPSA) is 112 Å². The van der Waals surface area contributed by atoms with Crippen LogP contribution in [0.25, 0.3) is 22.2 Å². The number of carbonyl (C=O) groups is 1. The van der Waals surface area contributed by atoms with E-state index in [9.17, 15) is 13.6 Å². The highest BCUT2D eigenvalue weighted by molar-refractivity contribution is 6.32. The number of benzene rings is 3. The minimum Gasteiger partial charge on any atom is -0.382 e. The molecule has 5 rings (SSSR count). The zero-order valence-electron chi connectivity index (χ0n) is 19.6. The van der Waals surface area contributed by atoms with Gasteiger partial charge in [-0.1, -0.05) is 54.1 Å². The van der Waals surface area contributed by atoms with Crippen LogP contribution in [0.15, 0.2) is 66.7 Å². The minimum atomic E-state index is -0.674. The van der Waals surface area contributed by atoms with Crippen LogP contribution in [0.2, 0.25) is 5.15 Å². The molecule has 7 nitrogen and oxygen atoms in total. The van der Waals surface area contributed by atoms with E-state index in [1.165, 1.54) is 12.1 Å². The maximum absolute atomic E-state index is 14.0. The van der Waals surface area contributed by atoms with Crippen LogP contribution in [0.1, 0.15) is 29.4 Å². The number of amides is 1. The SMILES string of the molecule is Nc1n[nH]c2cc(-c3nc([C@H](Cc4ccccc4)NC(=O)CCc4ccc(F)cc4F)[nH]c3Cl)ccc12. The number of aromatic nitrogens is 4. The number of nitrogens with two attached hydrogens (primary N) is 1. The number of anilines is 1. The van der Waals surface area contributed by atoms with Crippen molar-refractivity contribution in [3.05, 3.63) is 100 Å². The molecule has 5 N–H and O–H groups in total. The molecule has 0 aliphatic rings. The number of rotatable bonds is 8. The molecule has 10 heteroatoms. The van der Waals surface area contributed by atoms with Crippen LogP contribution in [0, 0.1) is 11.6 Å². The van der Waals surface area contributed by atoms with Crippen molar-refractivity contribution in [3.63, 3.8) is 0 Å². The Morgan fingerprint density at radius 2 is 1.89 bits per heavy atom. The number of hydrogen-bond acceptors (Lipinski definition) is 4. The monoisotopic (exact) mass is 520 g/mol. The van der Waals surface area contributed by atoms with Gasteiger partial charge < -0.3 is 16.0 Å². The zero-order valence-corrected chi connectivity index (χ0v) is 20.3. The summed E-state index contributed by atoms with van der Waals surface area (Å²) in [4.78, 5) is 20.7. The molecule has 1 amide bonds. The van der Waals surface area contributed by atoms with E-state index in [-0.39, 0.29) is 24.3 Å². The number of halogens is 3. The Labute approximate surface area is 216 Å². The van der Waals surface area contributed by atoms with Gasteiger partial charge in [-0.25, -0.2) is 13.8 Å². The van der Waals surface area contributed by atoms with Gasteiger partial charge in [0.15, 0.2) is 5.82 Å². The summed E-state index contributed by atoms with van der Waals surface area (Å²) in [6, 6.07) is 18.0. The van der Waals surface area contributed by atoms with E-state index < -0.39 is 17.7 Å². The Morgan fingerprint density at radius 1 is 1.08 bits per heavy atom. The average Bonchev–Trinajstić information content (AvgIpc) is 3.46. The number of fused-ring (bicyclic) bond motifs is 1. The molecule has 5 aromatic rings. The highest BCUT2D eigenvalue weighted by atomic mass is 35.5. The molecular weight excluding hydrogens is 498 g/mol. The second-order valence-corrected chi connectivity index (χ2v) is 9.08. The highest BCUT2D eigenvalue weighted by Gasteiger charge is 2.22. The summed E-state index contributed by atoms with van der Waals surface area (Å²) in [6.07, 6.45) is 0.609. The van der Waals surface area contributed by atoms with Gasteiger partial charge in [0, 0.05) is 23.4 Å². The van der Waals surface area contributed by atoms with E-state index in [2.05, 4.69) is 20.5 Å². The zero-order chi connectivity index (χ0) is 25.9. The molecule has 0 unspecified atom stereocenters. The van der Waals surface area contributed by atoms with E-state index in [4.69, 9.17) is 22.3 Å². The Hall–Kier alpha value is -4.24. The van der Waals surface area contributed by atoms with Gasteiger partial charge in [0.05, 0.1) is 11.6 Å². The molecule has 3 aromatic carbocycles. The van der Waals surface area contributed by atoms with Gasteiger partial charge in [0.25, 0.3) is 0 Å². The molecule has 0 aliphatic heterocycles. The fraction of sp³-hybridized carbons (Fsp3) is 0.148. The van der Waals surface area contributed by atoms with Crippen LogP contribution in [-0.2, 0) is 17.6 Å². The van der Waals surface area contributed by atoms with Gasteiger partial charge in [-0.05, 0) is 42.2 Å². The summed E-state index contributed by atoms with van der Waals surface area (Å²) in [5.41, 5.74) is 9.15. The number of aromatic amines is 2. The molecule has 0 radical (unpaired) electrons. The van der Waals surface area contributed by atoms with Crippen molar-refractivity contribution in [2.24, 2.45) is 0 Å². The maximum Gasteiger partial charge on any atom is 0.220 e. The van der Waals surface area contributed by atoms with E-state index in [1.54, 1.807) is 0 Å². The highest BCUT2D eigenvalue weighted by Crippen LogP contribution is 2.31. The third-order valence-electron chi connectivity index (χ3n) is 6.13. The number of nitrogens with zero attached hydrogens (tertiary/aromatic N) is 2. The lowest BCUT2D eigenvalue weighted by Gasteiger charge is -2.17.